The topological polar surface area (TPSA) is 82.1 Å². The SMILES string of the molecule is O=[P+]1OC(O)O[P+](=O)O1. The smallest absolute Gasteiger partial charge is 0.340 e. The van der Waals surface area contributed by atoms with Crippen molar-refractivity contribution in [2.24, 2.45) is 0 Å². The van der Waals surface area contributed by atoms with Crippen LogP contribution in [0.4, 0.5) is 0 Å². The highest BCUT2D eigenvalue weighted by Gasteiger charge is 2.51. The molecule has 0 aromatic heterocycles. The van der Waals surface area contributed by atoms with Crippen molar-refractivity contribution in [1.29, 1.82) is 0 Å². The molecule has 1 saturated heterocycles. The second kappa shape index (κ2) is 2.75. The molecule has 6 nitrogen and oxygen atoms in total. The second-order valence-corrected chi connectivity index (χ2v) is 3.02. The Morgan fingerprint density at radius 3 is 2.00 bits per heavy atom. The lowest BCUT2D eigenvalue weighted by Gasteiger charge is -1.93. The van der Waals surface area contributed by atoms with Gasteiger partial charge in [0.25, 0.3) is 0 Å². The van der Waals surface area contributed by atoms with Gasteiger partial charge in [-0.3, -0.25) is 0 Å². The van der Waals surface area contributed by atoms with E-state index in [0.29, 0.717) is 0 Å². The van der Waals surface area contributed by atoms with Crippen molar-refractivity contribution in [3.8, 4) is 0 Å². The van der Waals surface area contributed by atoms with Gasteiger partial charge in [-0.2, -0.15) is 0 Å². The number of aliphatic hydroxyl groups is 1. The summed E-state index contributed by atoms with van der Waals surface area (Å²) < 4.78 is 32.3. The lowest BCUT2D eigenvalue weighted by Crippen LogP contribution is -2.11. The molecule has 9 heavy (non-hydrogen) atoms. The molecule has 2 unspecified atom stereocenters. The van der Waals surface area contributed by atoms with E-state index in [2.05, 4.69) is 13.4 Å². The third kappa shape index (κ3) is 2.02. The van der Waals surface area contributed by atoms with Crippen LogP contribution in [0.15, 0.2) is 0 Å². The van der Waals surface area contributed by atoms with E-state index in [1.807, 2.05) is 0 Å². The molecule has 0 aromatic rings. The number of hydrogen-bond acceptors (Lipinski definition) is 6. The van der Waals surface area contributed by atoms with Crippen LogP contribution in [0.5, 0.6) is 0 Å². The first kappa shape index (κ1) is 7.15. The van der Waals surface area contributed by atoms with Gasteiger partial charge in [0.15, 0.2) is 4.31 Å². The summed E-state index contributed by atoms with van der Waals surface area (Å²) in [5.41, 5.74) is 0. The molecule has 2 atom stereocenters. The van der Waals surface area contributed by atoms with Gasteiger partial charge in [0.05, 0.1) is 0 Å². The minimum Gasteiger partial charge on any atom is -0.340 e. The first-order valence-corrected chi connectivity index (χ1v) is 4.02. The fourth-order valence-electron chi connectivity index (χ4n) is 0.259. The molecule has 0 saturated carbocycles. The predicted molar refractivity (Wildman–Crippen MR) is 24.5 cm³/mol. The highest BCUT2D eigenvalue weighted by molar-refractivity contribution is 7.48. The van der Waals surface area contributed by atoms with Crippen molar-refractivity contribution >= 4 is 16.5 Å². The number of hydrogen-bond donors (Lipinski definition) is 1. The maximum absolute atomic E-state index is 10.2. The largest absolute Gasteiger partial charge is 0.753 e. The maximum atomic E-state index is 10.2. The maximum Gasteiger partial charge on any atom is 0.753 e. The molecule has 50 valence electrons. The van der Waals surface area contributed by atoms with Gasteiger partial charge in [0.1, 0.15) is 0 Å². The summed E-state index contributed by atoms with van der Waals surface area (Å²) in [6.45, 7) is -1.70. The Morgan fingerprint density at radius 2 is 1.67 bits per heavy atom. The van der Waals surface area contributed by atoms with Gasteiger partial charge in [-0.25, -0.2) is 0 Å². The Bertz CT molecular complexity index is 137. The minimum atomic E-state index is -2.48. The van der Waals surface area contributed by atoms with Crippen molar-refractivity contribution in [3.63, 3.8) is 0 Å². The van der Waals surface area contributed by atoms with Gasteiger partial charge in [-0.1, -0.05) is 0 Å². The summed E-state index contributed by atoms with van der Waals surface area (Å²) in [6, 6.07) is 0. The van der Waals surface area contributed by atoms with Crippen LogP contribution in [0.3, 0.4) is 0 Å². The van der Waals surface area contributed by atoms with Gasteiger partial charge in [-0.05, 0) is 9.05 Å². The molecule has 1 aliphatic heterocycles. The van der Waals surface area contributed by atoms with E-state index in [1.54, 1.807) is 0 Å². The zero-order valence-electron chi connectivity index (χ0n) is 3.96. The Kier molecular flexibility index (Phi) is 2.18. The average Bonchev–Trinajstić information content (AvgIpc) is 1.59. The number of rotatable bonds is 0. The van der Waals surface area contributed by atoms with E-state index in [1.165, 1.54) is 0 Å². The van der Waals surface area contributed by atoms with Gasteiger partial charge >= 0.3 is 23.0 Å². The molecule has 0 spiro atoms. The monoisotopic (exact) mass is 172 g/mol. The first-order valence-electron chi connectivity index (χ1n) is 1.83. The third-order valence-electron chi connectivity index (χ3n) is 0.486. The molecule has 0 aliphatic carbocycles. The molecular weight excluding hydrogens is 170 g/mol. The molecular formula is CH2O6P2+2. The lowest BCUT2D eigenvalue weighted by atomic mass is 11.4. The summed E-state index contributed by atoms with van der Waals surface area (Å²) in [7, 11) is -4.96. The van der Waals surface area contributed by atoms with Crippen LogP contribution in [0.2, 0.25) is 0 Å². The molecule has 8 heteroatoms. The Hall–Kier alpha value is 0.0400. The second-order valence-electron chi connectivity index (χ2n) is 1.05. The molecule has 0 bridgehead atoms. The van der Waals surface area contributed by atoms with Crippen LogP contribution in [-0.4, -0.2) is 11.6 Å². The van der Waals surface area contributed by atoms with Crippen LogP contribution in [0.1, 0.15) is 0 Å². The standard InChI is InChI=1S/CH2O6P2/c2-1-5-8(3)7-9(4)6-1/h1-2H/q+2. The quantitative estimate of drug-likeness (QED) is 0.539. The van der Waals surface area contributed by atoms with Gasteiger partial charge in [0, 0.05) is 9.13 Å². The van der Waals surface area contributed by atoms with Crippen molar-refractivity contribution in [1.82, 2.24) is 0 Å². The van der Waals surface area contributed by atoms with Crippen molar-refractivity contribution in [2.45, 2.75) is 6.48 Å². The average molecular weight is 172 g/mol. The zero-order valence-corrected chi connectivity index (χ0v) is 5.75. The van der Waals surface area contributed by atoms with Crippen molar-refractivity contribution < 1.29 is 27.6 Å². The Morgan fingerprint density at radius 1 is 1.22 bits per heavy atom. The fourth-order valence-corrected chi connectivity index (χ4v) is 1.45. The fraction of sp³-hybridized carbons (Fsp3) is 1.00. The van der Waals surface area contributed by atoms with Crippen LogP contribution in [-0.2, 0) is 22.5 Å². The highest BCUT2D eigenvalue weighted by Crippen LogP contribution is 2.46. The van der Waals surface area contributed by atoms with E-state index >= 15 is 0 Å². The van der Waals surface area contributed by atoms with E-state index in [-0.39, 0.29) is 0 Å². The third-order valence-corrected chi connectivity index (χ3v) is 2.26. The Balaban J connectivity index is 2.53. The van der Waals surface area contributed by atoms with Crippen LogP contribution in [0, 0.1) is 0 Å². The van der Waals surface area contributed by atoms with Gasteiger partial charge in [-0.15, -0.1) is 0 Å². The van der Waals surface area contributed by atoms with Gasteiger partial charge < -0.3 is 5.11 Å². The molecule has 1 N–H and O–H groups in total. The van der Waals surface area contributed by atoms with Crippen molar-refractivity contribution in [2.75, 3.05) is 0 Å². The zero-order chi connectivity index (χ0) is 6.85. The molecule has 1 aliphatic rings. The molecule has 1 fully saturated rings. The van der Waals surface area contributed by atoms with Crippen LogP contribution < -0.4 is 0 Å². The summed E-state index contributed by atoms with van der Waals surface area (Å²) in [5, 5.41) is 8.36. The Labute approximate surface area is 51.6 Å². The van der Waals surface area contributed by atoms with E-state index in [4.69, 9.17) is 5.11 Å². The minimum absolute atomic E-state index is 1.70. The van der Waals surface area contributed by atoms with Crippen LogP contribution in [0.25, 0.3) is 0 Å². The van der Waals surface area contributed by atoms with Crippen LogP contribution >= 0.6 is 16.5 Å². The summed E-state index contributed by atoms with van der Waals surface area (Å²) in [5.74, 6) is 0. The van der Waals surface area contributed by atoms with Gasteiger partial charge in [0.2, 0.25) is 0 Å². The van der Waals surface area contributed by atoms with E-state index in [0.717, 1.165) is 0 Å². The van der Waals surface area contributed by atoms with E-state index in [9.17, 15) is 9.13 Å². The van der Waals surface area contributed by atoms with E-state index < -0.39 is 23.0 Å². The highest BCUT2D eigenvalue weighted by atomic mass is 31.2. The molecule has 0 amide bonds. The molecule has 1 rings (SSSR count). The van der Waals surface area contributed by atoms with Crippen molar-refractivity contribution in [3.05, 3.63) is 0 Å². The predicted octanol–water partition coefficient (Wildman–Crippen LogP) is 0.640. The molecule has 0 aromatic carbocycles. The normalized spacial score (nSPS) is 36.8. The summed E-state index contributed by atoms with van der Waals surface area (Å²) in [4.78, 5) is 0. The first-order chi connectivity index (χ1) is 4.18. The number of aliphatic hydroxyl groups excluding tert-OH is 1. The molecule has 0 radical (unpaired) electrons. The summed E-state index contributed by atoms with van der Waals surface area (Å²) >= 11 is 0. The molecule has 1 heterocycles. The lowest BCUT2D eigenvalue weighted by molar-refractivity contribution is -0.170. The summed E-state index contributed by atoms with van der Waals surface area (Å²) in [6.07, 6.45) is 0.